The summed E-state index contributed by atoms with van der Waals surface area (Å²) in [6.45, 7) is 3.83. The molecule has 1 aromatic carbocycles. The van der Waals surface area contributed by atoms with Crippen molar-refractivity contribution in [3.05, 3.63) is 57.5 Å². The Morgan fingerprint density at radius 1 is 1.24 bits per heavy atom. The predicted octanol–water partition coefficient (Wildman–Crippen LogP) is 2.73. The highest BCUT2D eigenvalue weighted by Crippen LogP contribution is 2.28. The Hall–Kier alpha value is -1.85. The molecule has 0 bridgehead atoms. The van der Waals surface area contributed by atoms with Crippen molar-refractivity contribution >= 4 is 17.3 Å². The maximum absolute atomic E-state index is 12.1. The van der Waals surface area contributed by atoms with E-state index in [1.165, 1.54) is 10.2 Å². The van der Waals surface area contributed by atoms with E-state index in [9.17, 15) is 4.79 Å². The van der Waals surface area contributed by atoms with Crippen molar-refractivity contribution < 1.29 is 0 Å². The smallest absolute Gasteiger partial charge is 0.271 e. The van der Waals surface area contributed by atoms with Gasteiger partial charge in [0.05, 0.1) is 11.9 Å². The third-order valence-electron chi connectivity index (χ3n) is 4.98. The molecule has 0 unspecified atom stereocenters. The first kappa shape index (κ1) is 18.0. The average Bonchev–Trinajstić information content (AvgIpc) is 2.62. The number of likely N-dealkylation sites (tertiary alicyclic amines) is 1. The first-order chi connectivity index (χ1) is 12.0. The number of anilines is 1. The van der Waals surface area contributed by atoms with Crippen molar-refractivity contribution in [1.29, 1.82) is 0 Å². The van der Waals surface area contributed by atoms with Crippen LogP contribution in [0.5, 0.6) is 0 Å². The largest absolute Gasteiger partial charge is 0.379 e. The van der Waals surface area contributed by atoms with Gasteiger partial charge in [-0.05, 0) is 37.4 Å². The highest BCUT2D eigenvalue weighted by molar-refractivity contribution is 6.17. The van der Waals surface area contributed by atoms with Gasteiger partial charge < -0.3 is 10.2 Å². The second kappa shape index (κ2) is 7.58. The molecule has 1 N–H and O–H groups in total. The molecule has 2 heterocycles. The molecule has 25 heavy (non-hydrogen) atoms. The number of halogens is 1. The van der Waals surface area contributed by atoms with Crippen molar-refractivity contribution in [2.75, 3.05) is 25.5 Å². The topological polar surface area (TPSA) is 50.2 Å². The highest BCUT2D eigenvalue weighted by Gasteiger charge is 2.27. The Bertz CT molecular complexity index is 787. The van der Waals surface area contributed by atoms with Crippen LogP contribution in [-0.4, -0.2) is 40.9 Å². The Morgan fingerprint density at radius 2 is 1.96 bits per heavy atom. The van der Waals surface area contributed by atoms with Crippen LogP contribution in [0, 0.1) is 6.92 Å². The van der Waals surface area contributed by atoms with E-state index in [1.54, 1.807) is 13.2 Å². The van der Waals surface area contributed by atoms with Crippen LogP contribution in [0.1, 0.15) is 29.0 Å². The Labute approximate surface area is 153 Å². The van der Waals surface area contributed by atoms with Crippen molar-refractivity contribution in [2.45, 2.75) is 31.2 Å². The molecule has 0 amide bonds. The molecular formula is C19H25ClN4O. The first-order valence-corrected chi connectivity index (χ1v) is 9.14. The van der Waals surface area contributed by atoms with Crippen LogP contribution < -0.4 is 10.9 Å². The second-order valence-corrected chi connectivity index (χ2v) is 7.25. The van der Waals surface area contributed by atoms with Crippen LogP contribution in [-0.2, 0) is 12.9 Å². The van der Waals surface area contributed by atoms with Gasteiger partial charge in [0.15, 0.2) is 0 Å². The van der Waals surface area contributed by atoms with Crippen LogP contribution in [0.3, 0.4) is 0 Å². The number of piperidine rings is 1. The summed E-state index contributed by atoms with van der Waals surface area (Å²) < 4.78 is 1.37. The fourth-order valence-electron chi connectivity index (χ4n) is 3.56. The predicted molar refractivity (Wildman–Crippen MR) is 102 cm³/mol. The summed E-state index contributed by atoms with van der Waals surface area (Å²) in [6, 6.07) is 8.86. The number of likely N-dealkylation sites (N-methyl/N-ethyl adjacent to an activating group) is 1. The van der Waals surface area contributed by atoms with Gasteiger partial charge >= 0.3 is 0 Å². The van der Waals surface area contributed by atoms with E-state index in [4.69, 9.17) is 11.6 Å². The van der Waals surface area contributed by atoms with Crippen LogP contribution in [0.25, 0.3) is 0 Å². The Morgan fingerprint density at radius 3 is 2.64 bits per heavy atom. The Kier molecular flexibility index (Phi) is 5.45. The van der Waals surface area contributed by atoms with E-state index in [0.717, 1.165) is 30.8 Å². The number of benzene rings is 1. The number of hydrogen-bond acceptors (Lipinski definition) is 4. The van der Waals surface area contributed by atoms with Crippen LogP contribution >= 0.6 is 11.6 Å². The standard InChI is InChI=1S/C19H25ClN4O/c1-13-18(10-21-24(3)19(13)25)22-17-8-16(11-23(2)12-17)15-6-4-14(9-20)5-7-15/h4-7,10,16-17,22H,8-9,11-12H2,1-3H3/t16-,17+/m0/s1. The van der Waals surface area contributed by atoms with Gasteiger partial charge in [-0.15, -0.1) is 11.6 Å². The maximum atomic E-state index is 12.1. The van der Waals surface area contributed by atoms with E-state index in [-0.39, 0.29) is 11.6 Å². The molecule has 1 fully saturated rings. The molecule has 0 radical (unpaired) electrons. The van der Waals surface area contributed by atoms with Crippen LogP contribution in [0.2, 0.25) is 0 Å². The monoisotopic (exact) mass is 360 g/mol. The van der Waals surface area contributed by atoms with Gasteiger partial charge in [-0.2, -0.15) is 5.10 Å². The van der Waals surface area contributed by atoms with E-state index in [0.29, 0.717) is 17.4 Å². The molecule has 1 aliphatic heterocycles. The molecule has 2 aromatic rings. The van der Waals surface area contributed by atoms with Gasteiger partial charge in [0.25, 0.3) is 5.56 Å². The van der Waals surface area contributed by atoms with E-state index in [1.807, 2.05) is 6.92 Å². The minimum atomic E-state index is -0.0534. The molecule has 3 rings (SSSR count). The quantitative estimate of drug-likeness (QED) is 0.852. The summed E-state index contributed by atoms with van der Waals surface area (Å²) in [6.07, 6.45) is 2.77. The van der Waals surface area contributed by atoms with Gasteiger partial charge in [0.1, 0.15) is 0 Å². The molecule has 5 nitrogen and oxygen atoms in total. The average molecular weight is 361 g/mol. The number of nitrogens with one attached hydrogen (secondary N) is 1. The van der Waals surface area contributed by atoms with E-state index in [2.05, 4.69) is 46.6 Å². The van der Waals surface area contributed by atoms with Crippen molar-refractivity contribution in [1.82, 2.24) is 14.7 Å². The molecule has 0 spiro atoms. The van der Waals surface area contributed by atoms with Crippen molar-refractivity contribution in [3.8, 4) is 0 Å². The van der Waals surface area contributed by atoms with Crippen molar-refractivity contribution in [3.63, 3.8) is 0 Å². The molecule has 134 valence electrons. The lowest BCUT2D eigenvalue weighted by Crippen LogP contribution is -2.43. The zero-order chi connectivity index (χ0) is 18.0. The third-order valence-corrected chi connectivity index (χ3v) is 5.29. The molecule has 1 saturated heterocycles. The van der Waals surface area contributed by atoms with Gasteiger partial charge in [-0.1, -0.05) is 24.3 Å². The summed E-state index contributed by atoms with van der Waals surface area (Å²) in [7, 11) is 3.82. The number of alkyl halides is 1. The number of aryl methyl sites for hydroxylation is 1. The molecule has 6 heteroatoms. The SMILES string of the molecule is Cc1c(N[C@@H]2C[C@H](c3ccc(CCl)cc3)CN(C)C2)cnn(C)c1=O. The van der Waals surface area contributed by atoms with Gasteiger partial charge in [0.2, 0.25) is 0 Å². The van der Waals surface area contributed by atoms with E-state index < -0.39 is 0 Å². The number of nitrogens with zero attached hydrogens (tertiary/aromatic N) is 3. The lowest BCUT2D eigenvalue weighted by atomic mass is 9.88. The number of hydrogen-bond donors (Lipinski definition) is 1. The maximum Gasteiger partial charge on any atom is 0.271 e. The summed E-state index contributed by atoms with van der Waals surface area (Å²) in [4.78, 5) is 14.4. The van der Waals surface area contributed by atoms with Gasteiger partial charge in [0, 0.05) is 37.6 Å². The summed E-state index contributed by atoms with van der Waals surface area (Å²) in [5.74, 6) is 1.00. The highest BCUT2D eigenvalue weighted by atomic mass is 35.5. The minimum Gasteiger partial charge on any atom is -0.379 e. The number of aromatic nitrogens is 2. The zero-order valence-corrected chi connectivity index (χ0v) is 15.8. The molecule has 1 aliphatic rings. The van der Waals surface area contributed by atoms with Gasteiger partial charge in [-0.3, -0.25) is 4.79 Å². The summed E-state index contributed by atoms with van der Waals surface area (Å²) in [5.41, 5.74) is 3.98. The summed E-state index contributed by atoms with van der Waals surface area (Å²) in [5, 5.41) is 7.67. The molecule has 2 atom stereocenters. The second-order valence-electron chi connectivity index (χ2n) is 6.98. The minimum absolute atomic E-state index is 0.0534. The van der Waals surface area contributed by atoms with Crippen molar-refractivity contribution in [2.24, 2.45) is 7.05 Å². The summed E-state index contributed by atoms with van der Waals surface area (Å²) >= 11 is 5.89. The molecule has 0 aliphatic carbocycles. The Balaban J connectivity index is 1.76. The van der Waals surface area contributed by atoms with E-state index >= 15 is 0 Å². The third kappa shape index (κ3) is 4.05. The normalized spacial score (nSPS) is 21.3. The molecule has 1 aromatic heterocycles. The molecular weight excluding hydrogens is 336 g/mol. The van der Waals surface area contributed by atoms with Crippen LogP contribution in [0.15, 0.2) is 35.3 Å². The first-order valence-electron chi connectivity index (χ1n) is 8.60. The van der Waals surface area contributed by atoms with Gasteiger partial charge in [-0.25, -0.2) is 4.68 Å². The lowest BCUT2D eigenvalue weighted by molar-refractivity contribution is 0.235. The lowest BCUT2D eigenvalue weighted by Gasteiger charge is -2.37. The fraction of sp³-hybridized carbons (Fsp3) is 0.474. The van der Waals surface area contributed by atoms with Crippen LogP contribution in [0.4, 0.5) is 5.69 Å². The zero-order valence-electron chi connectivity index (χ0n) is 15.0. The fourth-order valence-corrected chi connectivity index (χ4v) is 3.74. The molecule has 0 saturated carbocycles. The number of rotatable bonds is 4.